The summed E-state index contributed by atoms with van der Waals surface area (Å²) in [5, 5.41) is 0. The third kappa shape index (κ3) is 3.22. The van der Waals surface area contributed by atoms with Crippen molar-refractivity contribution < 1.29 is 13.9 Å². The molecule has 1 spiro atoms. The average Bonchev–Trinajstić information content (AvgIpc) is 2.89. The smallest absolute Gasteiger partial charge is 0.165 e. The summed E-state index contributed by atoms with van der Waals surface area (Å²) in [4.78, 5) is 0. The summed E-state index contributed by atoms with van der Waals surface area (Å²) in [7, 11) is 0. The van der Waals surface area contributed by atoms with Gasteiger partial charge in [-0.15, -0.1) is 0 Å². The first kappa shape index (κ1) is 14.8. The largest absolute Gasteiger partial charge is 0.487 e. The van der Waals surface area contributed by atoms with Crippen LogP contribution in [0.2, 0.25) is 0 Å². The number of nitrogens with two attached hydrogens (primary N) is 1. The first-order chi connectivity index (χ1) is 10.2. The maximum absolute atomic E-state index is 13.8. The molecular formula is C17H24FNO2. The Morgan fingerprint density at radius 3 is 2.81 bits per heavy atom. The molecule has 1 heterocycles. The lowest BCUT2D eigenvalue weighted by molar-refractivity contribution is -0.0751. The minimum absolute atomic E-state index is 0.0772. The molecule has 1 aromatic rings. The van der Waals surface area contributed by atoms with Crippen LogP contribution in [-0.2, 0) is 11.3 Å². The first-order valence-corrected chi connectivity index (χ1v) is 8.00. The molecule has 2 N–H and O–H groups in total. The Kier molecular flexibility index (Phi) is 4.45. The van der Waals surface area contributed by atoms with Gasteiger partial charge in [0.2, 0.25) is 0 Å². The summed E-state index contributed by atoms with van der Waals surface area (Å²) < 4.78 is 25.8. The van der Waals surface area contributed by atoms with Crippen LogP contribution in [-0.4, -0.2) is 18.3 Å². The van der Waals surface area contributed by atoms with Gasteiger partial charge in [-0.2, -0.15) is 0 Å². The lowest BCUT2D eigenvalue weighted by atomic mass is 9.83. The van der Waals surface area contributed by atoms with Crippen molar-refractivity contribution in [3.8, 4) is 5.75 Å². The van der Waals surface area contributed by atoms with Crippen molar-refractivity contribution in [3.05, 3.63) is 29.6 Å². The number of benzene rings is 1. The minimum atomic E-state index is -0.344. The van der Waals surface area contributed by atoms with Gasteiger partial charge >= 0.3 is 0 Å². The highest BCUT2D eigenvalue weighted by Crippen LogP contribution is 2.42. The topological polar surface area (TPSA) is 44.5 Å². The monoisotopic (exact) mass is 293 g/mol. The molecule has 3 nitrogen and oxygen atoms in total. The molecule has 1 aliphatic heterocycles. The molecule has 0 bridgehead atoms. The van der Waals surface area contributed by atoms with Crippen molar-refractivity contribution in [1.82, 2.24) is 0 Å². The fraction of sp³-hybridized carbons (Fsp3) is 0.647. The van der Waals surface area contributed by atoms with Gasteiger partial charge in [-0.1, -0.05) is 31.4 Å². The fourth-order valence-corrected chi connectivity index (χ4v) is 3.63. The van der Waals surface area contributed by atoms with Crippen LogP contribution in [0.4, 0.5) is 4.39 Å². The van der Waals surface area contributed by atoms with Gasteiger partial charge < -0.3 is 15.2 Å². The molecule has 2 aliphatic rings. The van der Waals surface area contributed by atoms with Crippen LogP contribution in [0.25, 0.3) is 0 Å². The predicted molar refractivity (Wildman–Crippen MR) is 79.7 cm³/mol. The quantitative estimate of drug-likeness (QED) is 0.923. The molecule has 21 heavy (non-hydrogen) atoms. The Morgan fingerprint density at radius 1 is 1.24 bits per heavy atom. The molecule has 2 fully saturated rings. The van der Waals surface area contributed by atoms with Gasteiger partial charge in [0.15, 0.2) is 11.6 Å². The van der Waals surface area contributed by atoms with E-state index in [0.717, 1.165) is 25.7 Å². The summed E-state index contributed by atoms with van der Waals surface area (Å²) >= 11 is 0. The molecule has 0 radical (unpaired) electrons. The van der Waals surface area contributed by atoms with E-state index < -0.39 is 0 Å². The maximum Gasteiger partial charge on any atom is 0.165 e. The number of rotatable bonds is 4. The van der Waals surface area contributed by atoms with E-state index >= 15 is 0 Å². The van der Waals surface area contributed by atoms with Crippen LogP contribution in [0.1, 0.15) is 50.5 Å². The van der Waals surface area contributed by atoms with Gasteiger partial charge in [0.1, 0.15) is 6.61 Å². The molecule has 1 atom stereocenters. The molecule has 4 heteroatoms. The van der Waals surface area contributed by atoms with Crippen LogP contribution in [0.5, 0.6) is 5.75 Å². The minimum Gasteiger partial charge on any atom is -0.487 e. The SMILES string of the molecule is NCc1cccc(F)c1OCC1CCC2(CCCCC2)O1. The van der Waals surface area contributed by atoms with E-state index in [4.69, 9.17) is 15.2 Å². The summed E-state index contributed by atoms with van der Waals surface area (Å²) in [6, 6.07) is 4.87. The van der Waals surface area contributed by atoms with Crippen LogP contribution >= 0.6 is 0 Å². The molecule has 0 aromatic heterocycles. The molecule has 3 rings (SSSR count). The standard InChI is InChI=1S/C17H24FNO2/c18-15-6-4-5-13(11-19)16(15)20-12-14-7-10-17(21-14)8-2-1-3-9-17/h4-6,14H,1-3,7-12,19H2. The lowest BCUT2D eigenvalue weighted by Gasteiger charge is -2.33. The normalized spacial score (nSPS) is 24.4. The fourth-order valence-electron chi connectivity index (χ4n) is 3.63. The van der Waals surface area contributed by atoms with Gasteiger partial charge in [0.25, 0.3) is 0 Å². The van der Waals surface area contributed by atoms with Crippen molar-refractivity contribution in [3.63, 3.8) is 0 Å². The Hall–Kier alpha value is -1.13. The van der Waals surface area contributed by atoms with Gasteiger partial charge in [-0.3, -0.25) is 0 Å². The summed E-state index contributed by atoms with van der Waals surface area (Å²) in [5.41, 5.74) is 6.43. The number of hydrogen-bond donors (Lipinski definition) is 1. The van der Waals surface area contributed by atoms with Crippen LogP contribution in [0, 0.1) is 5.82 Å². The van der Waals surface area contributed by atoms with Crippen LogP contribution in [0.3, 0.4) is 0 Å². The van der Waals surface area contributed by atoms with E-state index in [1.54, 1.807) is 12.1 Å². The zero-order chi connectivity index (χ0) is 14.7. The van der Waals surface area contributed by atoms with E-state index in [1.165, 1.54) is 25.3 Å². The number of hydrogen-bond acceptors (Lipinski definition) is 3. The highest BCUT2D eigenvalue weighted by atomic mass is 19.1. The van der Waals surface area contributed by atoms with Gasteiger partial charge in [-0.05, 0) is 31.7 Å². The number of para-hydroxylation sites is 1. The zero-order valence-corrected chi connectivity index (χ0v) is 12.4. The van der Waals surface area contributed by atoms with Gasteiger partial charge in [0.05, 0.1) is 11.7 Å². The highest BCUT2D eigenvalue weighted by Gasteiger charge is 2.41. The van der Waals surface area contributed by atoms with Gasteiger partial charge in [0, 0.05) is 12.1 Å². The van der Waals surface area contributed by atoms with E-state index in [1.807, 2.05) is 0 Å². The lowest BCUT2D eigenvalue weighted by Crippen LogP contribution is -2.33. The second-order valence-electron chi connectivity index (χ2n) is 6.27. The Labute approximate surface area is 125 Å². The van der Waals surface area contributed by atoms with Gasteiger partial charge in [-0.25, -0.2) is 4.39 Å². The molecule has 1 aromatic carbocycles. The number of ether oxygens (including phenoxy) is 2. The Bertz CT molecular complexity index is 486. The van der Waals surface area contributed by atoms with E-state index in [0.29, 0.717) is 12.2 Å². The third-order valence-electron chi connectivity index (χ3n) is 4.79. The van der Waals surface area contributed by atoms with Crippen molar-refractivity contribution >= 4 is 0 Å². The van der Waals surface area contributed by atoms with Crippen molar-refractivity contribution in [2.24, 2.45) is 5.73 Å². The molecule has 0 amide bonds. The third-order valence-corrected chi connectivity index (χ3v) is 4.79. The van der Waals surface area contributed by atoms with Crippen molar-refractivity contribution in [2.75, 3.05) is 6.61 Å². The highest BCUT2D eigenvalue weighted by molar-refractivity contribution is 5.34. The van der Waals surface area contributed by atoms with E-state index in [9.17, 15) is 4.39 Å². The zero-order valence-electron chi connectivity index (χ0n) is 12.4. The summed E-state index contributed by atoms with van der Waals surface area (Å²) in [5.74, 6) is -0.0588. The van der Waals surface area contributed by atoms with Crippen LogP contribution in [0.15, 0.2) is 18.2 Å². The second kappa shape index (κ2) is 6.32. The predicted octanol–water partition coefficient (Wildman–Crippen LogP) is 3.55. The van der Waals surface area contributed by atoms with Crippen LogP contribution < -0.4 is 10.5 Å². The average molecular weight is 293 g/mol. The van der Waals surface area contributed by atoms with Crippen molar-refractivity contribution in [1.29, 1.82) is 0 Å². The molecule has 1 saturated heterocycles. The van der Waals surface area contributed by atoms with Crippen molar-refractivity contribution in [2.45, 2.75) is 63.2 Å². The molecule has 1 aliphatic carbocycles. The summed E-state index contributed by atoms with van der Waals surface area (Å²) in [6.07, 6.45) is 8.37. The molecule has 1 unspecified atom stereocenters. The first-order valence-electron chi connectivity index (χ1n) is 8.00. The second-order valence-corrected chi connectivity index (χ2v) is 6.27. The summed E-state index contributed by atoms with van der Waals surface area (Å²) in [6.45, 7) is 0.693. The maximum atomic E-state index is 13.8. The van der Waals surface area contributed by atoms with E-state index in [-0.39, 0.29) is 29.8 Å². The molecular weight excluding hydrogens is 269 g/mol. The molecule has 116 valence electrons. The molecule has 1 saturated carbocycles. The Balaban J connectivity index is 1.59. The number of halogens is 1. The van der Waals surface area contributed by atoms with E-state index in [2.05, 4.69) is 0 Å². The Morgan fingerprint density at radius 2 is 2.05 bits per heavy atom.